The monoisotopic (exact) mass is 582 g/mol. The average Bonchev–Trinajstić information content (AvgIpc) is 3.69. The number of nitrogens with one attached hydrogen (secondary N) is 1. The summed E-state index contributed by atoms with van der Waals surface area (Å²) in [6.07, 6.45) is 4.65. The van der Waals surface area contributed by atoms with Crippen molar-refractivity contribution in [3.05, 3.63) is 53.2 Å². The van der Waals surface area contributed by atoms with E-state index in [9.17, 15) is 8.78 Å². The average molecular weight is 583 g/mol. The van der Waals surface area contributed by atoms with Crippen LogP contribution in [0, 0.1) is 11.6 Å². The Labute approximate surface area is 240 Å². The summed E-state index contributed by atoms with van der Waals surface area (Å²) in [5.74, 6) is -0.971. The number of rotatable bonds is 6. The maximum atomic E-state index is 16.5. The second-order valence-electron chi connectivity index (χ2n) is 11.3. The van der Waals surface area contributed by atoms with Crippen LogP contribution in [0.15, 0.2) is 36.5 Å². The van der Waals surface area contributed by atoms with Gasteiger partial charge in [0.25, 0.3) is 0 Å². The van der Waals surface area contributed by atoms with E-state index in [1.807, 2.05) is 0 Å². The van der Waals surface area contributed by atoms with Crippen LogP contribution in [0.2, 0.25) is 5.02 Å². The molecule has 0 bridgehead atoms. The van der Waals surface area contributed by atoms with Gasteiger partial charge in [-0.15, -0.1) is 0 Å². The predicted octanol–water partition coefficient (Wildman–Crippen LogP) is 5.53. The van der Waals surface area contributed by atoms with Gasteiger partial charge in [-0.2, -0.15) is 9.97 Å². The maximum absolute atomic E-state index is 16.5. The van der Waals surface area contributed by atoms with Crippen LogP contribution in [-0.4, -0.2) is 77.4 Å². The summed E-state index contributed by atoms with van der Waals surface area (Å²) < 4.78 is 52.0. The van der Waals surface area contributed by atoms with Gasteiger partial charge < -0.3 is 15.0 Å². The number of likely N-dealkylation sites (N-methyl/N-ethyl adjacent to an activating group) is 1. The molecule has 0 aliphatic carbocycles. The van der Waals surface area contributed by atoms with Crippen LogP contribution in [-0.2, 0) is 0 Å². The molecule has 3 aliphatic rings. The summed E-state index contributed by atoms with van der Waals surface area (Å²) in [4.78, 5) is 17.8. The summed E-state index contributed by atoms with van der Waals surface area (Å²) in [6, 6.07) is 7.59. The van der Waals surface area contributed by atoms with Crippen molar-refractivity contribution >= 4 is 39.1 Å². The molecule has 1 N–H and O–H groups in total. The van der Waals surface area contributed by atoms with Crippen molar-refractivity contribution in [3.8, 4) is 17.3 Å². The molecule has 5 heterocycles. The molecule has 3 fully saturated rings. The van der Waals surface area contributed by atoms with Gasteiger partial charge in [-0.05, 0) is 50.2 Å². The first-order valence-corrected chi connectivity index (χ1v) is 14.4. The number of hydrogen-bond donors (Lipinski definition) is 1. The van der Waals surface area contributed by atoms with Gasteiger partial charge in [0.1, 0.15) is 35.6 Å². The fraction of sp³-hybridized carbons (Fsp3) is 0.433. The van der Waals surface area contributed by atoms with Crippen LogP contribution in [0.1, 0.15) is 25.7 Å². The highest BCUT2D eigenvalue weighted by Crippen LogP contribution is 2.41. The number of fused-ring (bicyclic) bond motifs is 3. The van der Waals surface area contributed by atoms with Crippen LogP contribution in [0.5, 0.6) is 6.01 Å². The highest BCUT2D eigenvalue weighted by atomic mass is 35.5. The molecule has 0 saturated carbocycles. The summed E-state index contributed by atoms with van der Waals surface area (Å²) in [5, 5.41) is 4.31. The molecule has 2 aromatic carbocycles. The maximum Gasteiger partial charge on any atom is 0.319 e. The molecule has 0 unspecified atom stereocenters. The minimum Gasteiger partial charge on any atom is -0.461 e. The van der Waals surface area contributed by atoms with E-state index in [1.165, 1.54) is 12.3 Å². The van der Waals surface area contributed by atoms with Crippen LogP contribution in [0.25, 0.3) is 32.9 Å². The van der Waals surface area contributed by atoms with Gasteiger partial charge in [-0.25, -0.2) is 13.2 Å². The summed E-state index contributed by atoms with van der Waals surface area (Å²) in [6.45, 7) is 3.14. The van der Waals surface area contributed by atoms with Crippen molar-refractivity contribution < 1.29 is 17.9 Å². The van der Waals surface area contributed by atoms with E-state index in [1.54, 1.807) is 36.2 Å². The van der Waals surface area contributed by atoms with Crippen LogP contribution in [0.4, 0.5) is 19.0 Å². The van der Waals surface area contributed by atoms with E-state index >= 15 is 4.39 Å². The number of pyridine rings is 1. The normalized spacial score (nSPS) is 22.1. The SMILES string of the molecule is CN(c1nc(OCC23CCCN2CCC3)nc2c(F)c(-c3cccc4ccc(F)c(Cl)c34)ncc12)[C@H]1CNC[C@@H]1F. The smallest absolute Gasteiger partial charge is 0.319 e. The van der Waals surface area contributed by atoms with Crippen molar-refractivity contribution in [2.45, 2.75) is 43.4 Å². The number of anilines is 1. The van der Waals surface area contributed by atoms with Crippen LogP contribution < -0.4 is 15.0 Å². The Bertz CT molecular complexity index is 1640. The third kappa shape index (κ3) is 4.38. The first-order valence-electron chi connectivity index (χ1n) is 14.1. The van der Waals surface area contributed by atoms with Gasteiger partial charge in [0.2, 0.25) is 0 Å². The second-order valence-corrected chi connectivity index (χ2v) is 11.7. The standard InChI is InChI=1S/C30H30ClF3N6O/c1-39(22-15-35-14-21(22)33)28-19-13-36-26(18-6-2-5-17-7-8-20(32)24(31)23(17)18)25(34)27(19)37-29(38-28)41-16-30-9-3-11-40(30)12-4-10-30/h2,5-8,13,21-22,35H,3-4,9-12,14-16H2,1H3/t21-,22-/m0/s1. The fourth-order valence-electron chi connectivity index (χ4n) is 6.88. The molecular formula is C30H30ClF3N6O. The quantitative estimate of drug-likeness (QED) is 0.321. The molecule has 3 aliphatic heterocycles. The van der Waals surface area contributed by atoms with Crippen LogP contribution in [0.3, 0.4) is 0 Å². The topological polar surface area (TPSA) is 66.4 Å². The molecule has 7 nitrogen and oxygen atoms in total. The number of ether oxygens (including phenoxy) is 1. The Kier molecular flexibility index (Phi) is 6.67. The largest absolute Gasteiger partial charge is 0.461 e. The van der Waals surface area contributed by atoms with E-state index in [0.717, 1.165) is 38.8 Å². The Morgan fingerprint density at radius 1 is 1.12 bits per heavy atom. The highest BCUT2D eigenvalue weighted by molar-refractivity contribution is 6.36. The predicted molar refractivity (Wildman–Crippen MR) is 153 cm³/mol. The zero-order chi connectivity index (χ0) is 28.3. The van der Waals surface area contributed by atoms with Gasteiger partial charge >= 0.3 is 6.01 Å². The zero-order valence-electron chi connectivity index (χ0n) is 22.6. The molecular weight excluding hydrogens is 553 g/mol. The Morgan fingerprint density at radius 2 is 1.93 bits per heavy atom. The van der Waals surface area contributed by atoms with Gasteiger partial charge in [0.05, 0.1) is 22.0 Å². The molecule has 214 valence electrons. The fourth-order valence-corrected chi connectivity index (χ4v) is 7.15. The van der Waals surface area contributed by atoms with Gasteiger partial charge in [0, 0.05) is 37.3 Å². The van der Waals surface area contributed by atoms with Crippen molar-refractivity contribution in [3.63, 3.8) is 0 Å². The molecule has 3 saturated heterocycles. The summed E-state index contributed by atoms with van der Waals surface area (Å²) >= 11 is 6.35. The molecule has 11 heteroatoms. The second kappa shape index (κ2) is 10.3. The van der Waals surface area contributed by atoms with Crippen molar-refractivity contribution in [2.75, 3.05) is 44.7 Å². The molecule has 2 aromatic heterocycles. The number of hydrogen-bond acceptors (Lipinski definition) is 7. The minimum atomic E-state index is -1.12. The van der Waals surface area contributed by atoms with E-state index < -0.39 is 23.8 Å². The van der Waals surface area contributed by atoms with Gasteiger partial charge in [0.15, 0.2) is 5.82 Å². The Hall–Kier alpha value is -3.21. The number of aromatic nitrogens is 3. The lowest BCUT2D eigenvalue weighted by molar-refractivity contribution is 0.108. The van der Waals surface area contributed by atoms with E-state index in [2.05, 4.69) is 25.2 Å². The van der Waals surface area contributed by atoms with Crippen molar-refractivity contribution in [1.82, 2.24) is 25.2 Å². The number of nitrogens with zero attached hydrogens (tertiary/aromatic N) is 5. The molecule has 41 heavy (non-hydrogen) atoms. The minimum absolute atomic E-state index is 0.0000529. The van der Waals surface area contributed by atoms with E-state index in [-0.39, 0.29) is 34.3 Å². The number of benzene rings is 2. The van der Waals surface area contributed by atoms with Gasteiger partial charge in [-0.1, -0.05) is 35.9 Å². The first-order chi connectivity index (χ1) is 19.9. The van der Waals surface area contributed by atoms with Gasteiger partial charge in [-0.3, -0.25) is 9.88 Å². The Balaban J connectivity index is 1.36. The molecule has 4 aromatic rings. The lowest BCUT2D eigenvalue weighted by Crippen LogP contribution is -2.43. The van der Waals surface area contributed by atoms with Crippen molar-refractivity contribution in [1.29, 1.82) is 0 Å². The summed E-state index contributed by atoms with van der Waals surface area (Å²) in [5.41, 5.74) is 0.267. The lowest BCUT2D eigenvalue weighted by atomic mass is 9.95. The van der Waals surface area contributed by atoms with E-state index in [4.69, 9.17) is 16.3 Å². The van der Waals surface area contributed by atoms with Crippen molar-refractivity contribution in [2.24, 2.45) is 0 Å². The molecule has 2 atom stereocenters. The highest BCUT2D eigenvalue weighted by Gasteiger charge is 2.45. The third-order valence-corrected chi connectivity index (χ3v) is 9.43. The molecule has 0 spiro atoms. The lowest BCUT2D eigenvalue weighted by Gasteiger charge is -2.31. The molecule has 0 radical (unpaired) electrons. The first kappa shape index (κ1) is 26.7. The summed E-state index contributed by atoms with van der Waals surface area (Å²) in [7, 11) is 1.74. The molecule has 0 amide bonds. The number of halogens is 4. The van der Waals surface area contributed by atoms with E-state index in [0.29, 0.717) is 40.7 Å². The third-order valence-electron chi connectivity index (χ3n) is 9.06. The van der Waals surface area contributed by atoms with Crippen LogP contribution >= 0.6 is 11.6 Å². The Morgan fingerprint density at radius 3 is 2.68 bits per heavy atom. The zero-order valence-corrected chi connectivity index (χ0v) is 23.4. The molecule has 7 rings (SSSR count). The number of alkyl halides is 1.